The molecule has 5 rings (SSSR count). The van der Waals surface area contributed by atoms with Gasteiger partial charge in [-0.05, 0) is 76.7 Å². The molecule has 5 aliphatic rings. The van der Waals surface area contributed by atoms with Crippen LogP contribution in [0.4, 0.5) is 0 Å². The van der Waals surface area contributed by atoms with Gasteiger partial charge in [0.25, 0.3) is 0 Å². The SMILES string of the molecule is C=C1C2CCC3(O)C4(C)C(OC(=O)C5(C)OC5C)CCC(C)(C(=O)OC)C4CC(O)C3(C2)C1O. The molecule has 190 valence electrons. The molecular weight excluding hydrogens is 440 g/mol. The van der Waals surface area contributed by atoms with E-state index in [0.29, 0.717) is 37.7 Å². The zero-order valence-corrected chi connectivity index (χ0v) is 20.8. The molecule has 1 heterocycles. The Hall–Kier alpha value is -1.48. The fourth-order valence-electron chi connectivity index (χ4n) is 8.60. The Morgan fingerprint density at radius 3 is 2.35 bits per heavy atom. The Kier molecular flexibility index (Phi) is 5.03. The average molecular weight is 479 g/mol. The second kappa shape index (κ2) is 7.05. The molecule has 3 N–H and O–H groups in total. The first kappa shape index (κ1) is 24.2. The van der Waals surface area contributed by atoms with E-state index in [2.05, 4.69) is 6.58 Å². The van der Waals surface area contributed by atoms with Gasteiger partial charge < -0.3 is 29.5 Å². The second-order valence-corrected chi connectivity index (χ2v) is 12.1. The number of aliphatic hydroxyl groups excluding tert-OH is 2. The Bertz CT molecular complexity index is 949. The number of aliphatic hydroxyl groups is 3. The smallest absolute Gasteiger partial charge is 0.341 e. The first-order chi connectivity index (χ1) is 15.7. The molecule has 5 fully saturated rings. The highest BCUT2D eigenvalue weighted by Gasteiger charge is 2.80. The van der Waals surface area contributed by atoms with E-state index in [-0.39, 0.29) is 18.4 Å². The van der Waals surface area contributed by atoms with Crippen LogP contribution < -0.4 is 0 Å². The topological polar surface area (TPSA) is 126 Å². The monoisotopic (exact) mass is 478 g/mol. The van der Waals surface area contributed by atoms with Crippen LogP contribution in [0.2, 0.25) is 0 Å². The molecule has 1 saturated heterocycles. The van der Waals surface area contributed by atoms with Crippen LogP contribution in [0.25, 0.3) is 0 Å². The van der Waals surface area contributed by atoms with E-state index in [1.807, 2.05) is 20.8 Å². The average Bonchev–Trinajstić information content (AvgIpc) is 3.36. The summed E-state index contributed by atoms with van der Waals surface area (Å²) in [5, 5.41) is 35.6. The standard InChI is InChI=1S/C26H38O8/c1-13-15-7-10-26(31)23(4)16(11-17(27)25(26,12-15)19(13)28)22(3,20(29)32-6)9-8-18(23)33-21(30)24(5)14(2)34-24/h14-19,27-28,31H,1,7-12H2,2-6H3. The number of ether oxygens (including phenoxy) is 3. The molecule has 0 radical (unpaired) electrons. The highest BCUT2D eigenvalue weighted by Crippen LogP contribution is 2.74. The Labute approximate surface area is 200 Å². The summed E-state index contributed by atoms with van der Waals surface area (Å²) in [5.74, 6) is -1.41. The van der Waals surface area contributed by atoms with Gasteiger partial charge >= 0.3 is 11.9 Å². The van der Waals surface area contributed by atoms with Crippen molar-refractivity contribution in [2.45, 2.75) is 102 Å². The van der Waals surface area contributed by atoms with Gasteiger partial charge in [0, 0.05) is 5.41 Å². The normalized spacial score (nSPS) is 55.7. The van der Waals surface area contributed by atoms with Crippen LogP contribution in [-0.4, -0.2) is 70.0 Å². The predicted octanol–water partition coefficient (Wildman–Crippen LogP) is 1.88. The third-order valence-corrected chi connectivity index (χ3v) is 11.1. The molecule has 0 aromatic heterocycles. The summed E-state index contributed by atoms with van der Waals surface area (Å²) in [7, 11) is 1.34. The summed E-state index contributed by atoms with van der Waals surface area (Å²) in [4.78, 5) is 26.2. The minimum atomic E-state index is -1.59. The third-order valence-electron chi connectivity index (χ3n) is 11.1. The number of carbonyl (C=O) groups is 2. The van der Waals surface area contributed by atoms with Crippen LogP contribution in [0, 0.1) is 28.1 Å². The fraction of sp³-hybridized carbons (Fsp3) is 0.846. The summed E-state index contributed by atoms with van der Waals surface area (Å²) in [6, 6.07) is 0. The number of rotatable bonds is 3. The molecular formula is C26H38O8. The number of carbonyl (C=O) groups excluding carboxylic acids is 2. The number of hydrogen-bond acceptors (Lipinski definition) is 8. The molecule has 8 heteroatoms. The van der Waals surface area contributed by atoms with E-state index in [1.165, 1.54) is 7.11 Å². The van der Waals surface area contributed by atoms with Gasteiger partial charge in [0.1, 0.15) is 6.10 Å². The van der Waals surface area contributed by atoms with Gasteiger partial charge in [-0.3, -0.25) is 4.79 Å². The number of methoxy groups -OCH3 is 1. The van der Waals surface area contributed by atoms with E-state index < -0.39 is 63.6 Å². The minimum Gasteiger partial charge on any atom is -0.469 e. The largest absolute Gasteiger partial charge is 0.469 e. The number of fused-ring (bicyclic) bond motifs is 3. The maximum absolute atomic E-state index is 13.1. The van der Waals surface area contributed by atoms with Gasteiger partial charge in [-0.1, -0.05) is 13.5 Å². The highest BCUT2D eigenvalue weighted by atomic mass is 16.7. The minimum absolute atomic E-state index is 0.0151. The highest BCUT2D eigenvalue weighted by molar-refractivity contribution is 5.83. The first-order valence-corrected chi connectivity index (χ1v) is 12.5. The molecule has 0 aromatic carbocycles. The molecule has 1 spiro atoms. The molecule has 34 heavy (non-hydrogen) atoms. The van der Waals surface area contributed by atoms with Crippen LogP contribution in [0.5, 0.6) is 0 Å². The molecule has 2 bridgehead atoms. The zero-order valence-electron chi connectivity index (χ0n) is 20.8. The third kappa shape index (κ3) is 2.53. The van der Waals surface area contributed by atoms with Gasteiger partial charge in [0.05, 0.1) is 41.9 Å². The van der Waals surface area contributed by atoms with Crippen molar-refractivity contribution in [3.05, 3.63) is 12.2 Å². The fourth-order valence-corrected chi connectivity index (χ4v) is 8.60. The zero-order chi connectivity index (χ0) is 25.1. The van der Waals surface area contributed by atoms with E-state index >= 15 is 0 Å². The van der Waals surface area contributed by atoms with Crippen LogP contribution in [-0.2, 0) is 23.8 Å². The van der Waals surface area contributed by atoms with E-state index in [0.717, 1.165) is 0 Å². The lowest BCUT2D eigenvalue weighted by molar-refractivity contribution is -0.330. The maximum Gasteiger partial charge on any atom is 0.341 e. The summed E-state index contributed by atoms with van der Waals surface area (Å²) in [6.07, 6.45) is -0.847. The Balaban J connectivity index is 1.65. The molecule has 1 aliphatic heterocycles. The van der Waals surface area contributed by atoms with Crippen molar-refractivity contribution in [3.8, 4) is 0 Å². The van der Waals surface area contributed by atoms with Crippen molar-refractivity contribution in [1.82, 2.24) is 0 Å². The van der Waals surface area contributed by atoms with Gasteiger partial charge in [-0.2, -0.15) is 0 Å². The summed E-state index contributed by atoms with van der Waals surface area (Å²) in [6.45, 7) is 11.3. The van der Waals surface area contributed by atoms with Crippen molar-refractivity contribution < 1.29 is 39.1 Å². The first-order valence-electron chi connectivity index (χ1n) is 12.5. The Morgan fingerprint density at radius 1 is 1.12 bits per heavy atom. The molecule has 0 amide bonds. The van der Waals surface area contributed by atoms with Gasteiger partial charge in [-0.15, -0.1) is 0 Å². The van der Waals surface area contributed by atoms with E-state index in [1.54, 1.807) is 6.92 Å². The van der Waals surface area contributed by atoms with E-state index in [9.17, 15) is 24.9 Å². The lowest BCUT2D eigenvalue weighted by Gasteiger charge is -2.70. The van der Waals surface area contributed by atoms with E-state index in [4.69, 9.17) is 14.2 Å². The summed E-state index contributed by atoms with van der Waals surface area (Å²) >= 11 is 0. The van der Waals surface area contributed by atoms with Gasteiger partial charge in [0.2, 0.25) is 0 Å². The molecule has 11 atom stereocenters. The van der Waals surface area contributed by atoms with Crippen LogP contribution >= 0.6 is 0 Å². The summed E-state index contributed by atoms with van der Waals surface area (Å²) < 4.78 is 16.8. The van der Waals surface area contributed by atoms with Crippen LogP contribution in [0.1, 0.15) is 66.2 Å². The van der Waals surface area contributed by atoms with Crippen molar-refractivity contribution in [1.29, 1.82) is 0 Å². The molecule has 4 saturated carbocycles. The number of esters is 2. The molecule has 0 aromatic rings. The lowest BCUT2D eigenvalue weighted by Crippen LogP contribution is -2.78. The van der Waals surface area contributed by atoms with Gasteiger partial charge in [-0.25, -0.2) is 4.79 Å². The van der Waals surface area contributed by atoms with Crippen LogP contribution in [0.15, 0.2) is 12.2 Å². The quantitative estimate of drug-likeness (QED) is 0.319. The lowest BCUT2D eigenvalue weighted by atomic mass is 9.37. The van der Waals surface area contributed by atoms with Crippen molar-refractivity contribution in [3.63, 3.8) is 0 Å². The van der Waals surface area contributed by atoms with Crippen LogP contribution in [0.3, 0.4) is 0 Å². The van der Waals surface area contributed by atoms with Gasteiger partial charge in [0.15, 0.2) is 5.60 Å². The second-order valence-electron chi connectivity index (χ2n) is 12.1. The van der Waals surface area contributed by atoms with Crippen molar-refractivity contribution >= 4 is 11.9 Å². The van der Waals surface area contributed by atoms with Crippen molar-refractivity contribution in [2.75, 3.05) is 7.11 Å². The number of epoxide rings is 1. The maximum atomic E-state index is 13.1. The molecule has 11 unspecified atom stereocenters. The molecule has 4 aliphatic carbocycles. The Morgan fingerprint density at radius 2 is 1.76 bits per heavy atom. The molecule has 8 nitrogen and oxygen atoms in total. The summed E-state index contributed by atoms with van der Waals surface area (Å²) in [5.41, 5.74) is -5.31. The predicted molar refractivity (Wildman–Crippen MR) is 120 cm³/mol. The number of hydrogen-bond donors (Lipinski definition) is 3. The van der Waals surface area contributed by atoms with Crippen molar-refractivity contribution in [2.24, 2.45) is 28.1 Å².